The number of nitrogens with zero attached hydrogens (tertiary/aromatic N) is 2. The molecule has 0 atom stereocenters. The average Bonchev–Trinajstić information content (AvgIpc) is 2.90. The first-order chi connectivity index (χ1) is 10.6. The van der Waals surface area contributed by atoms with Gasteiger partial charge in [0, 0.05) is 18.8 Å². The Bertz CT molecular complexity index is 782. The Labute approximate surface area is 128 Å². The van der Waals surface area contributed by atoms with Crippen molar-refractivity contribution >= 4 is 16.8 Å². The number of rotatable bonds is 5. The first kappa shape index (κ1) is 14.5. The molecule has 5 heteroatoms. The zero-order valence-electron chi connectivity index (χ0n) is 12.6. The summed E-state index contributed by atoms with van der Waals surface area (Å²) in [6.45, 7) is 1.79. The van der Waals surface area contributed by atoms with Crippen LogP contribution in [0.4, 0.5) is 10.1 Å². The molecule has 0 aliphatic heterocycles. The number of fused-ring (bicyclic) bond motifs is 1. The van der Waals surface area contributed by atoms with Crippen LogP contribution in [0.3, 0.4) is 0 Å². The fourth-order valence-electron chi connectivity index (χ4n) is 2.21. The second-order valence-electron chi connectivity index (χ2n) is 5.41. The van der Waals surface area contributed by atoms with E-state index in [4.69, 9.17) is 4.42 Å². The van der Waals surface area contributed by atoms with E-state index in [1.807, 2.05) is 32.3 Å². The Kier molecular flexibility index (Phi) is 4.06. The Morgan fingerprint density at radius 3 is 2.77 bits per heavy atom. The molecule has 114 valence electrons. The number of nitrogens with one attached hydrogen (secondary N) is 1. The SMILES string of the molecule is CN(C)CCNc1ccc2oc(-c3ccccc3F)nc2c1. The quantitative estimate of drug-likeness (QED) is 0.781. The summed E-state index contributed by atoms with van der Waals surface area (Å²) in [5.74, 6) is -0.0306. The van der Waals surface area contributed by atoms with Crippen LogP contribution in [0.1, 0.15) is 0 Å². The highest BCUT2D eigenvalue weighted by Crippen LogP contribution is 2.27. The largest absolute Gasteiger partial charge is 0.436 e. The number of anilines is 1. The van der Waals surface area contributed by atoms with Gasteiger partial charge in [0.1, 0.15) is 11.3 Å². The molecular formula is C17H18FN3O. The van der Waals surface area contributed by atoms with E-state index in [0.29, 0.717) is 22.6 Å². The lowest BCUT2D eigenvalue weighted by Crippen LogP contribution is -2.20. The van der Waals surface area contributed by atoms with Crippen LogP contribution >= 0.6 is 0 Å². The van der Waals surface area contributed by atoms with E-state index in [1.165, 1.54) is 6.07 Å². The Hall–Kier alpha value is -2.40. The number of likely N-dealkylation sites (N-methyl/N-ethyl adjacent to an activating group) is 1. The van der Waals surface area contributed by atoms with Crippen LogP contribution in [0, 0.1) is 5.82 Å². The number of oxazole rings is 1. The van der Waals surface area contributed by atoms with Crippen LogP contribution in [-0.2, 0) is 0 Å². The third-order valence-electron chi connectivity index (χ3n) is 3.38. The molecule has 2 aromatic carbocycles. The van der Waals surface area contributed by atoms with Gasteiger partial charge >= 0.3 is 0 Å². The number of benzene rings is 2. The van der Waals surface area contributed by atoms with Crippen molar-refractivity contribution in [3.63, 3.8) is 0 Å². The maximum Gasteiger partial charge on any atom is 0.230 e. The molecule has 0 saturated heterocycles. The smallest absolute Gasteiger partial charge is 0.230 e. The lowest BCUT2D eigenvalue weighted by Gasteiger charge is -2.10. The highest BCUT2D eigenvalue weighted by molar-refractivity contribution is 5.80. The molecule has 4 nitrogen and oxygen atoms in total. The van der Waals surface area contributed by atoms with Crippen molar-refractivity contribution in [1.29, 1.82) is 0 Å². The standard InChI is InChI=1S/C17H18FN3O/c1-21(2)10-9-19-12-7-8-16-15(11-12)20-17(22-16)13-5-3-4-6-14(13)18/h3-8,11,19H,9-10H2,1-2H3. The number of halogens is 1. The molecule has 0 spiro atoms. The van der Waals surface area contributed by atoms with Crippen LogP contribution in [-0.4, -0.2) is 37.1 Å². The highest BCUT2D eigenvalue weighted by Gasteiger charge is 2.12. The Balaban J connectivity index is 1.86. The van der Waals surface area contributed by atoms with E-state index in [0.717, 1.165) is 18.8 Å². The fraction of sp³-hybridized carbons (Fsp3) is 0.235. The molecule has 1 heterocycles. The van der Waals surface area contributed by atoms with E-state index >= 15 is 0 Å². The Morgan fingerprint density at radius 2 is 2.00 bits per heavy atom. The summed E-state index contributed by atoms with van der Waals surface area (Å²) in [6, 6.07) is 12.2. The third-order valence-corrected chi connectivity index (χ3v) is 3.38. The van der Waals surface area contributed by atoms with Crippen molar-refractivity contribution in [2.45, 2.75) is 0 Å². The van der Waals surface area contributed by atoms with Gasteiger partial charge in [0.15, 0.2) is 5.58 Å². The second kappa shape index (κ2) is 6.15. The zero-order chi connectivity index (χ0) is 15.5. The minimum absolute atomic E-state index is 0.304. The average molecular weight is 299 g/mol. The summed E-state index contributed by atoms with van der Waals surface area (Å²) in [6.07, 6.45) is 0. The van der Waals surface area contributed by atoms with Gasteiger partial charge in [-0.3, -0.25) is 0 Å². The molecule has 1 aromatic heterocycles. The van der Waals surface area contributed by atoms with Gasteiger partial charge in [-0.2, -0.15) is 0 Å². The van der Waals surface area contributed by atoms with Crippen LogP contribution in [0.15, 0.2) is 46.9 Å². The van der Waals surface area contributed by atoms with Crippen molar-refractivity contribution in [3.05, 3.63) is 48.3 Å². The van der Waals surface area contributed by atoms with Crippen molar-refractivity contribution in [1.82, 2.24) is 9.88 Å². The molecule has 0 unspecified atom stereocenters. The van der Waals surface area contributed by atoms with Crippen molar-refractivity contribution in [3.8, 4) is 11.5 Å². The van der Waals surface area contributed by atoms with E-state index in [9.17, 15) is 4.39 Å². The molecule has 0 radical (unpaired) electrons. The summed E-state index contributed by atoms with van der Waals surface area (Å²) >= 11 is 0. The predicted octanol–water partition coefficient (Wildman–Crippen LogP) is 3.61. The summed E-state index contributed by atoms with van der Waals surface area (Å²) in [4.78, 5) is 6.50. The van der Waals surface area contributed by atoms with Gasteiger partial charge in [-0.05, 0) is 44.4 Å². The summed E-state index contributed by atoms with van der Waals surface area (Å²) in [7, 11) is 4.06. The van der Waals surface area contributed by atoms with E-state index in [2.05, 4.69) is 15.2 Å². The molecule has 0 saturated carbocycles. The molecule has 3 rings (SSSR count). The molecule has 0 aliphatic rings. The van der Waals surface area contributed by atoms with E-state index in [1.54, 1.807) is 18.2 Å². The predicted molar refractivity (Wildman–Crippen MR) is 86.4 cm³/mol. The van der Waals surface area contributed by atoms with Crippen molar-refractivity contribution in [2.75, 3.05) is 32.5 Å². The highest BCUT2D eigenvalue weighted by atomic mass is 19.1. The maximum absolute atomic E-state index is 13.8. The van der Waals surface area contributed by atoms with Crippen LogP contribution in [0.2, 0.25) is 0 Å². The fourth-order valence-corrected chi connectivity index (χ4v) is 2.21. The normalized spacial score (nSPS) is 11.3. The van der Waals surface area contributed by atoms with Gasteiger partial charge in [-0.15, -0.1) is 0 Å². The molecule has 22 heavy (non-hydrogen) atoms. The summed E-state index contributed by atoms with van der Waals surface area (Å²) < 4.78 is 19.5. The monoisotopic (exact) mass is 299 g/mol. The van der Waals surface area contributed by atoms with Crippen LogP contribution in [0.25, 0.3) is 22.6 Å². The number of hydrogen-bond donors (Lipinski definition) is 1. The van der Waals surface area contributed by atoms with Gasteiger partial charge in [0.2, 0.25) is 5.89 Å². The topological polar surface area (TPSA) is 41.3 Å². The molecule has 0 fully saturated rings. The Morgan fingerprint density at radius 1 is 1.18 bits per heavy atom. The van der Waals surface area contributed by atoms with E-state index < -0.39 is 0 Å². The molecular weight excluding hydrogens is 281 g/mol. The first-order valence-electron chi connectivity index (χ1n) is 7.17. The first-order valence-corrected chi connectivity index (χ1v) is 7.17. The lowest BCUT2D eigenvalue weighted by molar-refractivity contribution is 0.425. The van der Waals surface area contributed by atoms with Crippen molar-refractivity contribution in [2.24, 2.45) is 0 Å². The molecule has 0 aliphatic carbocycles. The van der Waals surface area contributed by atoms with Gasteiger partial charge in [-0.1, -0.05) is 12.1 Å². The molecule has 3 aromatic rings. The number of aromatic nitrogens is 1. The minimum atomic E-state index is -0.335. The molecule has 0 bridgehead atoms. The second-order valence-corrected chi connectivity index (χ2v) is 5.41. The zero-order valence-corrected chi connectivity index (χ0v) is 12.6. The van der Waals surface area contributed by atoms with E-state index in [-0.39, 0.29) is 5.82 Å². The maximum atomic E-state index is 13.8. The van der Waals surface area contributed by atoms with Crippen LogP contribution in [0.5, 0.6) is 0 Å². The molecule has 0 amide bonds. The lowest BCUT2D eigenvalue weighted by atomic mass is 10.2. The van der Waals surface area contributed by atoms with Gasteiger partial charge in [-0.25, -0.2) is 9.37 Å². The summed E-state index contributed by atoms with van der Waals surface area (Å²) in [5, 5.41) is 3.33. The number of hydrogen-bond acceptors (Lipinski definition) is 4. The van der Waals surface area contributed by atoms with Crippen molar-refractivity contribution < 1.29 is 8.81 Å². The minimum Gasteiger partial charge on any atom is -0.436 e. The summed E-state index contributed by atoms with van der Waals surface area (Å²) in [5.41, 5.74) is 2.72. The third kappa shape index (κ3) is 3.09. The van der Waals surface area contributed by atoms with Gasteiger partial charge < -0.3 is 14.6 Å². The van der Waals surface area contributed by atoms with Crippen LogP contribution < -0.4 is 5.32 Å². The van der Waals surface area contributed by atoms with Gasteiger partial charge in [0.25, 0.3) is 0 Å². The molecule has 1 N–H and O–H groups in total. The van der Waals surface area contributed by atoms with Gasteiger partial charge in [0.05, 0.1) is 5.56 Å².